The number of amides is 2. The van der Waals surface area contributed by atoms with Crippen LogP contribution in [0.3, 0.4) is 0 Å². The zero-order chi connectivity index (χ0) is 18.7. The van der Waals surface area contributed by atoms with E-state index >= 15 is 0 Å². The van der Waals surface area contributed by atoms with Gasteiger partial charge < -0.3 is 16.0 Å². The van der Waals surface area contributed by atoms with E-state index in [0.29, 0.717) is 36.4 Å². The smallest absolute Gasteiger partial charge is 0.255 e. The van der Waals surface area contributed by atoms with Crippen molar-refractivity contribution in [2.24, 2.45) is 11.1 Å². The Labute approximate surface area is 154 Å². The molecule has 0 spiro atoms. The summed E-state index contributed by atoms with van der Waals surface area (Å²) in [4.78, 5) is 27.4. The normalized spacial score (nSPS) is 19.4. The van der Waals surface area contributed by atoms with Crippen LogP contribution in [-0.4, -0.2) is 36.3 Å². The van der Waals surface area contributed by atoms with Crippen molar-refractivity contribution in [3.63, 3.8) is 0 Å². The second-order valence-electron chi connectivity index (χ2n) is 7.36. The lowest BCUT2D eigenvalue weighted by atomic mass is 9.90. The molecule has 2 amide bonds. The van der Waals surface area contributed by atoms with E-state index in [9.17, 15) is 9.59 Å². The van der Waals surface area contributed by atoms with Crippen LogP contribution in [0.4, 0.5) is 5.69 Å². The van der Waals surface area contributed by atoms with E-state index in [4.69, 9.17) is 5.73 Å². The number of para-hydroxylation sites is 1. The molecule has 3 rings (SSSR count). The maximum atomic E-state index is 13.0. The second kappa shape index (κ2) is 7.30. The number of carbonyl (C=O) groups excluding carboxylic acids is 2. The Hall–Kier alpha value is -2.66. The van der Waals surface area contributed by atoms with Gasteiger partial charge in [0.25, 0.3) is 11.8 Å². The number of hydrogen-bond acceptors (Lipinski definition) is 3. The van der Waals surface area contributed by atoms with Gasteiger partial charge in [-0.1, -0.05) is 36.8 Å². The number of likely N-dealkylation sites (tertiary alicyclic amines) is 1. The van der Waals surface area contributed by atoms with E-state index in [1.165, 1.54) is 0 Å². The van der Waals surface area contributed by atoms with Crippen LogP contribution < -0.4 is 11.1 Å². The molecule has 1 heterocycles. The van der Waals surface area contributed by atoms with Gasteiger partial charge in [-0.2, -0.15) is 0 Å². The standard InChI is InChI=1S/C21H25N3O2/c1-15-6-5-7-16(12-15)19(25)23-18-9-4-3-8-17(18)20(26)24-11-10-21(2,13-22)14-24/h3-9,12H,10-11,13-14,22H2,1-2H3,(H,23,25). The Morgan fingerprint density at radius 3 is 2.65 bits per heavy atom. The summed E-state index contributed by atoms with van der Waals surface area (Å²) in [6.07, 6.45) is 0.896. The van der Waals surface area contributed by atoms with E-state index in [0.717, 1.165) is 12.0 Å². The van der Waals surface area contributed by atoms with E-state index in [1.54, 1.807) is 18.2 Å². The molecule has 0 saturated carbocycles. The molecule has 1 aliphatic rings. The molecule has 5 heteroatoms. The van der Waals surface area contributed by atoms with E-state index in [2.05, 4.69) is 12.2 Å². The number of nitrogens with two attached hydrogens (primary N) is 1. The van der Waals surface area contributed by atoms with Crippen LogP contribution in [0.2, 0.25) is 0 Å². The molecule has 0 aliphatic carbocycles. The van der Waals surface area contributed by atoms with Crippen molar-refractivity contribution < 1.29 is 9.59 Å². The number of benzene rings is 2. The highest BCUT2D eigenvalue weighted by Crippen LogP contribution is 2.30. The van der Waals surface area contributed by atoms with Gasteiger partial charge in [0.05, 0.1) is 11.3 Å². The maximum Gasteiger partial charge on any atom is 0.255 e. The lowest BCUT2D eigenvalue weighted by Crippen LogP contribution is -2.34. The highest BCUT2D eigenvalue weighted by atomic mass is 16.2. The number of aryl methyl sites for hydroxylation is 1. The number of rotatable bonds is 4. The quantitative estimate of drug-likeness (QED) is 0.889. The number of nitrogens with one attached hydrogen (secondary N) is 1. The number of carbonyl (C=O) groups is 2. The van der Waals surface area contributed by atoms with Crippen molar-refractivity contribution >= 4 is 17.5 Å². The summed E-state index contributed by atoms with van der Waals surface area (Å²) in [5.74, 6) is -0.288. The summed E-state index contributed by atoms with van der Waals surface area (Å²) >= 11 is 0. The van der Waals surface area contributed by atoms with Crippen LogP contribution >= 0.6 is 0 Å². The van der Waals surface area contributed by atoms with Gasteiger partial charge in [0.2, 0.25) is 0 Å². The van der Waals surface area contributed by atoms with Gasteiger partial charge in [-0.15, -0.1) is 0 Å². The van der Waals surface area contributed by atoms with Gasteiger partial charge in [0, 0.05) is 18.7 Å². The highest BCUT2D eigenvalue weighted by molar-refractivity contribution is 6.09. The number of nitrogens with zero attached hydrogens (tertiary/aromatic N) is 1. The summed E-state index contributed by atoms with van der Waals surface area (Å²) in [6.45, 7) is 5.93. The zero-order valence-electron chi connectivity index (χ0n) is 15.3. The first-order valence-electron chi connectivity index (χ1n) is 8.88. The first-order chi connectivity index (χ1) is 12.4. The van der Waals surface area contributed by atoms with Crippen molar-refractivity contribution in [3.8, 4) is 0 Å². The molecule has 136 valence electrons. The first-order valence-corrected chi connectivity index (χ1v) is 8.88. The summed E-state index contributed by atoms with van der Waals surface area (Å²) in [5, 5.41) is 2.88. The van der Waals surface area contributed by atoms with Crippen molar-refractivity contribution in [3.05, 3.63) is 65.2 Å². The maximum absolute atomic E-state index is 13.0. The molecule has 1 atom stereocenters. The predicted octanol–water partition coefficient (Wildman–Crippen LogP) is 3.06. The minimum Gasteiger partial charge on any atom is -0.338 e. The lowest BCUT2D eigenvalue weighted by Gasteiger charge is -2.23. The fourth-order valence-corrected chi connectivity index (χ4v) is 3.29. The van der Waals surface area contributed by atoms with Crippen LogP contribution in [0, 0.1) is 12.3 Å². The van der Waals surface area contributed by atoms with Gasteiger partial charge in [-0.3, -0.25) is 9.59 Å². The molecule has 3 N–H and O–H groups in total. The Morgan fingerprint density at radius 1 is 1.19 bits per heavy atom. The molecule has 0 bridgehead atoms. The molecule has 0 radical (unpaired) electrons. The van der Waals surface area contributed by atoms with Gasteiger partial charge in [-0.25, -0.2) is 0 Å². The van der Waals surface area contributed by atoms with Gasteiger partial charge in [0.15, 0.2) is 0 Å². The first kappa shape index (κ1) is 18.1. The summed E-state index contributed by atoms with van der Waals surface area (Å²) < 4.78 is 0. The molecule has 1 aliphatic heterocycles. The molecule has 2 aromatic carbocycles. The van der Waals surface area contributed by atoms with Crippen LogP contribution in [0.25, 0.3) is 0 Å². The second-order valence-corrected chi connectivity index (χ2v) is 7.36. The topological polar surface area (TPSA) is 75.4 Å². The molecule has 1 fully saturated rings. The third kappa shape index (κ3) is 3.78. The van der Waals surface area contributed by atoms with Gasteiger partial charge in [0.1, 0.15) is 0 Å². The number of anilines is 1. The Balaban J connectivity index is 1.80. The third-order valence-electron chi connectivity index (χ3n) is 5.02. The monoisotopic (exact) mass is 351 g/mol. The third-order valence-corrected chi connectivity index (χ3v) is 5.02. The molecule has 0 aromatic heterocycles. The van der Waals surface area contributed by atoms with Crippen LogP contribution in [0.5, 0.6) is 0 Å². The van der Waals surface area contributed by atoms with Gasteiger partial charge >= 0.3 is 0 Å². The van der Waals surface area contributed by atoms with Gasteiger partial charge in [-0.05, 0) is 49.6 Å². The summed E-state index contributed by atoms with van der Waals surface area (Å²) in [7, 11) is 0. The highest BCUT2D eigenvalue weighted by Gasteiger charge is 2.35. The van der Waals surface area contributed by atoms with Crippen LogP contribution in [0.15, 0.2) is 48.5 Å². The molecular formula is C21H25N3O2. The largest absolute Gasteiger partial charge is 0.338 e. The van der Waals surface area contributed by atoms with Crippen LogP contribution in [0.1, 0.15) is 39.6 Å². The van der Waals surface area contributed by atoms with E-state index in [-0.39, 0.29) is 17.2 Å². The molecule has 1 saturated heterocycles. The van der Waals surface area contributed by atoms with Crippen molar-refractivity contribution in [2.45, 2.75) is 20.3 Å². The molecule has 2 aromatic rings. The molecular weight excluding hydrogens is 326 g/mol. The molecule has 1 unspecified atom stereocenters. The average molecular weight is 351 g/mol. The Kier molecular flexibility index (Phi) is 5.09. The SMILES string of the molecule is Cc1cccc(C(=O)Nc2ccccc2C(=O)N2CCC(C)(CN)C2)c1. The molecule has 26 heavy (non-hydrogen) atoms. The minimum atomic E-state index is -0.220. The van der Waals surface area contributed by atoms with Crippen LogP contribution in [-0.2, 0) is 0 Å². The van der Waals surface area contributed by atoms with Crippen molar-refractivity contribution in [1.29, 1.82) is 0 Å². The minimum absolute atomic E-state index is 0.0323. The summed E-state index contributed by atoms with van der Waals surface area (Å²) in [6, 6.07) is 14.5. The van der Waals surface area contributed by atoms with E-state index in [1.807, 2.05) is 42.2 Å². The van der Waals surface area contributed by atoms with Crippen molar-refractivity contribution in [2.75, 3.05) is 25.0 Å². The number of hydrogen-bond donors (Lipinski definition) is 2. The lowest BCUT2D eigenvalue weighted by molar-refractivity contribution is 0.0778. The summed E-state index contributed by atoms with van der Waals surface area (Å²) in [5.41, 5.74) is 8.44. The fraction of sp³-hybridized carbons (Fsp3) is 0.333. The predicted molar refractivity (Wildman–Crippen MR) is 103 cm³/mol. The van der Waals surface area contributed by atoms with E-state index < -0.39 is 0 Å². The Morgan fingerprint density at radius 2 is 1.96 bits per heavy atom. The molecule has 5 nitrogen and oxygen atoms in total. The fourth-order valence-electron chi connectivity index (χ4n) is 3.29. The Bertz CT molecular complexity index is 834. The zero-order valence-corrected chi connectivity index (χ0v) is 15.3. The average Bonchev–Trinajstić information content (AvgIpc) is 3.04. The van der Waals surface area contributed by atoms with Crippen molar-refractivity contribution in [1.82, 2.24) is 4.90 Å².